The number of aromatic nitrogens is 2. The number of nitrogens with two attached hydrogens (primary N) is 1. The first-order valence-electron chi connectivity index (χ1n) is 6.40. The Morgan fingerprint density at radius 2 is 2.00 bits per heavy atom. The molecule has 1 aromatic heterocycles. The molecular formula is C14H17N3O3. The number of aromatic amines is 1. The highest BCUT2D eigenvalue weighted by atomic mass is 16.5. The number of ether oxygens (including phenoxy) is 1. The summed E-state index contributed by atoms with van der Waals surface area (Å²) in [5, 5.41) is 8.67. The van der Waals surface area contributed by atoms with Gasteiger partial charge >= 0.3 is 0 Å². The molecule has 0 saturated carbocycles. The molecule has 0 radical (unpaired) electrons. The number of hydrogen-bond acceptors (Lipinski definition) is 5. The molecule has 106 valence electrons. The van der Waals surface area contributed by atoms with E-state index in [1.54, 1.807) is 0 Å². The Bertz CT molecular complexity index is 608. The van der Waals surface area contributed by atoms with Crippen LogP contribution in [0.15, 0.2) is 35.1 Å². The summed E-state index contributed by atoms with van der Waals surface area (Å²) in [6, 6.07) is 8.67. The van der Waals surface area contributed by atoms with Crippen LogP contribution in [-0.4, -0.2) is 28.3 Å². The van der Waals surface area contributed by atoms with Crippen molar-refractivity contribution in [3.8, 4) is 17.0 Å². The highest BCUT2D eigenvalue weighted by Crippen LogP contribution is 2.20. The Balaban J connectivity index is 2.05. The topological polar surface area (TPSA) is 101 Å². The molecule has 0 aliphatic carbocycles. The average molecular weight is 275 g/mol. The molecule has 0 aliphatic heterocycles. The molecule has 0 atom stereocenters. The van der Waals surface area contributed by atoms with Gasteiger partial charge in [-0.2, -0.15) is 0 Å². The summed E-state index contributed by atoms with van der Waals surface area (Å²) in [6.07, 6.45) is 1.54. The van der Waals surface area contributed by atoms with E-state index in [0.717, 1.165) is 24.2 Å². The largest absolute Gasteiger partial charge is 0.494 e. The molecule has 2 aromatic rings. The quantitative estimate of drug-likeness (QED) is 0.687. The maximum Gasteiger partial charge on any atom is 0.252 e. The number of aliphatic hydroxyl groups excluding tert-OH is 1. The van der Waals surface area contributed by atoms with Crippen LogP contribution < -0.4 is 16.0 Å². The van der Waals surface area contributed by atoms with Gasteiger partial charge in [-0.15, -0.1) is 0 Å². The van der Waals surface area contributed by atoms with Crippen LogP contribution in [0.1, 0.15) is 12.8 Å². The molecule has 6 heteroatoms. The van der Waals surface area contributed by atoms with E-state index in [1.165, 1.54) is 6.07 Å². The fraction of sp³-hybridized carbons (Fsp3) is 0.286. The molecule has 6 nitrogen and oxygen atoms in total. The van der Waals surface area contributed by atoms with E-state index in [0.29, 0.717) is 12.3 Å². The monoisotopic (exact) mass is 275 g/mol. The molecular weight excluding hydrogens is 258 g/mol. The zero-order valence-electron chi connectivity index (χ0n) is 11.0. The Morgan fingerprint density at radius 3 is 2.65 bits per heavy atom. The maximum absolute atomic E-state index is 11.3. The molecule has 0 unspecified atom stereocenters. The van der Waals surface area contributed by atoms with E-state index in [-0.39, 0.29) is 18.1 Å². The predicted molar refractivity (Wildman–Crippen MR) is 76.5 cm³/mol. The van der Waals surface area contributed by atoms with Gasteiger partial charge in [0.15, 0.2) is 0 Å². The lowest BCUT2D eigenvalue weighted by Crippen LogP contribution is -2.10. The molecule has 0 saturated heterocycles. The number of unbranched alkanes of at least 4 members (excludes halogenated alkanes) is 1. The number of H-pyrrole nitrogens is 1. The van der Waals surface area contributed by atoms with Crippen molar-refractivity contribution in [2.75, 3.05) is 18.9 Å². The van der Waals surface area contributed by atoms with Crippen molar-refractivity contribution in [3.05, 3.63) is 40.7 Å². The Hall–Kier alpha value is -2.34. The minimum atomic E-state index is -0.281. The van der Waals surface area contributed by atoms with Crippen LogP contribution in [0.5, 0.6) is 5.75 Å². The third-order valence-electron chi connectivity index (χ3n) is 2.73. The second-order valence-electron chi connectivity index (χ2n) is 4.32. The van der Waals surface area contributed by atoms with Gasteiger partial charge in [0.05, 0.1) is 12.3 Å². The molecule has 1 aromatic carbocycles. The van der Waals surface area contributed by atoms with Gasteiger partial charge in [-0.25, -0.2) is 4.98 Å². The summed E-state index contributed by atoms with van der Waals surface area (Å²) in [5.74, 6) is 0.835. The van der Waals surface area contributed by atoms with Gasteiger partial charge in [0, 0.05) is 18.2 Å². The van der Waals surface area contributed by atoms with E-state index in [2.05, 4.69) is 9.97 Å². The van der Waals surface area contributed by atoms with Crippen LogP contribution in [0.3, 0.4) is 0 Å². The van der Waals surface area contributed by atoms with Gasteiger partial charge in [0.2, 0.25) is 5.95 Å². The first kappa shape index (κ1) is 14.1. The van der Waals surface area contributed by atoms with Crippen molar-refractivity contribution in [1.29, 1.82) is 0 Å². The fourth-order valence-corrected chi connectivity index (χ4v) is 1.75. The second kappa shape index (κ2) is 6.72. The van der Waals surface area contributed by atoms with Crippen LogP contribution in [0.2, 0.25) is 0 Å². The summed E-state index contributed by atoms with van der Waals surface area (Å²) in [4.78, 5) is 17.8. The Morgan fingerprint density at radius 1 is 1.25 bits per heavy atom. The van der Waals surface area contributed by atoms with Crippen molar-refractivity contribution < 1.29 is 9.84 Å². The van der Waals surface area contributed by atoms with Gasteiger partial charge in [-0.1, -0.05) is 0 Å². The Kier molecular flexibility index (Phi) is 4.73. The summed E-state index contributed by atoms with van der Waals surface area (Å²) in [5.41, 5.74) is 6.55. The number of anilines is 1. The van der Waals surface area contributed by atoms with Gasteiger partial charge < -0.3 is 15.6 Å². The molecule has 0 bridgehead atoms. The molecule has 2 rings (SSSR count). The van der Waals surface area contributed by atoms with E-state index < -0.39 is 0 Å². The van der Waals surface area contributed by atoms with Crippen LogP contribution in [0.4, 0.5) is 5.95 Å². The zero-order valence-corrected chi connectivity index (χ0v) is 11.0. The number of hydrogen-bond donors (Lipinski definition) is 3. The number of rotatable bonds is 6. The standard InChI is InChI=1S/C14H17N3O3/c15-14-16-12(9-13(19)17-14)10-3-5-11(6-4-10)20-8-2-1-7-18/h3-6,9,18H,1-2,7-8H2,(H3,15,16,17,19). The molecule has 0 spiro atoms. The highest BCUT2D eigenvalue weighted by Gasteiger charge is 2.03. The van der Waals surface area contributed by atoms with Crippen molar-refractivity contribution in [1.82, 2.24) is 9.97 Å². The minimum absolute atomic E-state index is 0.0943. The lowest BCUT2D eigenvalue weighted by atomic mass is 10.1. The van der Waals surface area contributed by atoms with Crippen molar-refractivity contribution >= 4 is 5.95 Å². The average Bonchev–Trinajstić information content (AvgIpc) is 2.43. The number of nitrogens with one attached hydrogen (secondary N) is 1. The lowest BCUT2D eigenvalue weighted by Gasteiger charge is -2.06. The lowest BCUT2D eigenvalue weighted by molar-refractivity contribution is 0.253. The smallest absolute Gasteiger partial charge is 0.252 e. The predicted octanol–water partition coefficient (Wildman–Crippen LogP) is 1.17. The van der Waals surface area contributed by atoms with Crippen molar-refractivity contribution in [3.63, 3.8) is 0 Å². The second-order valence-corrected chi connectivity index (χ2v) is 4.32. The first-order chi connectivity index (χ1) is 9.69. The van der Waals surface area contributed by atoms with E-state index >= 15 is 0 Å². The summed E-state index contributed by atoms with van der Waals surface area (Å²) in [7, 11) is 0. The molecule has 0 fully saturated rings. The van der Waals surface area contributed by atoms with Gasteiger partial charge in [-0.3, -0.25) is 9.78 Å². The van der Waals surface area contributed by atoms with Crippen LogP contribution in [0.25, 0.3) is 11.3 Å². The van der Waals surface area contributed by atoms with Gasteiger partial charge in [0.1, 0.15) is 5.75 Å². The highest BCUT2D eigenvalue weighted by molar-refractivity contribution is 5.60. The maximum atomic E-state index is 11.3. The number of nitrogens with zero attached hydrogens (tertiary/aromatic N) is 1. The molecule has 1 heterocycles. The van der Waals surface area contributed by atoms with Gasteiger partial charge in [-0.05, 0) is 37.1 Å². The van der Waals surface area contributed by atoms with Crippen LogP contribution in [-0.2, 0) is 0 Å². The third kappa shape index (κ3) is 3.83. The molecule has 4 N–H and O–H groups in total. The van der Waals surface area contributed by atoms with Crippen molar-refractivity contribution in [2.24, 2.45) is 0 Å². The Labute approximate surface area is 116 Å². The summed E-state index contributed by atoms with van der Waals surface area (Å²) < 4.78 is 5.52. The number of nitrogen functional groups attached to an aromatic ring is 1. The van der Waals surface area contributed by atoms with E-state index in [1.807, 2.05) is 24.3 Å². The van der Waals surface area contributed by atoms with E-state index in [9.17, 15) is 4.79 Å². The number of benzene rings is 1. The first-order valence-corrected chi connectivity index (χ1v) is 6.40. The molecule has 0 amide bonds. The van der Waals surface area contributed by atoms with Crippen LogP contribution in [0, 0.1) is 0 Å². The number of aliphatic hydroxyl groups is 1. The normalized spacial score (nSPS) is 10.4. The molecule has 20 heavy (non-hydrogen) atoms. The third-order valence-corrected chi connectivity index (χ3v) is 2.73. The minimum Gasteiger partial charge on any atom is -0.494 e. The summed E-state index contributed by atoms with van der Waals surface area (Å²) in [6.45, 7) is 0.744. The summed E-state index contributed by atoms with van der Waals surface area (Å²) >= 11 is 0. The fourth-order valence-electron chi connectivity index (χ4n) is 1.75. The zero-order chi connectivity index (χ0) is 14.4. The SMILES string of the molecule is Nc1nc(-c2ccc(OCCCCO)cc2)cc(=O)[nH]1. The molecule has 0 aliphatic rings. The van der Waals surface area contributed by atoms with Crippen molar-refractivity contribution in [2.45, 2.75) is 12.8 Å². The van der Waals surface area contributed by atoms with Gasteiger partial charge in [0.25, 0.3) is 5.56 Å². The van der Waals surface area contributed by atoms with Crippen LogP contribution >= 0.6 is 0 Å². The van der Waals surface area contributed by atoms with E-state index in [4.69, 9.17) is 15.6 Å².